The lowest BCUT2D eigenvalue weighted by Crippen LogP contribution is -2.24. The summed E-state index contributed by atoms with van der Waals surface area (Å²) in [4.78, 5) is 32.6. The predicted octanol–water partition coefficient (Wildman–Crippen LogP) is 5.61. The van der Waals surface area contributed by atoms with Gasteiger partial charge >= 0.3 is 6.18 Å². The van der Waals surface area contributed by atoms with Gasteiger partial charge in [0.05, 0.1) is 29.4 Å². The van der Waals surface area contributed by atoms with E-state index in [4.69, 9.17) is 4.42 Å². The van der Waals surface area contributed by atoms with Gasteiger partial charge < -0.3 is 14.0 Å². The molecule has 182 valence electrons. The maximum atomic E-state index is 13.2. The van der Waals surface area contributed by atoms with E-state index in [0.29, 0.717) is 17.0 Å². The number of aryl methyl sites for hydroxylation is 1. The molecule has 0 aliphatic rings. The highest BCUT2D eigenvalue weighted by atomic mass is 19.4. The van der Waals surface area contributed by atoms with E-state index in [-0.39, 0.29) is 23.6 Å². The van der Waals surface area contributed by atoms with Crippen LogP contribution < -0.4 is 10.9 Å². The number of H-pyrrole nitrogens is 1. The Morgan fingerprint density at radius 1 is 1.08 bits per heavy atom. The Kier molecular flexibility index (Phi) is 5.71. The Hall–Kier alpha value is -4.60. The summed E-state index contributed by atoms with van der Waals surface area (Å²) in [6, 6.07) is 17.0. The van der Waals surface area contributed by atoms with E-state index in [1.807, 2.05) is 31.2 Å². The number of amides is 1. The van der Waals surface area contributed by atoms with Crippen LogP contribution in [0.1, 0.15) is 27.2 Å². The Bertz CT molecular complexity index is 1630. The number of imidazole rings is 1. The molecule has 0 spiro atoms. The van der Waals surface area contributed by atoms with Gasteiger partial charge in [0.15, 0.2) is 0 Å². The fourth-order valence-corrected chi connectivity index (χ4v) is 3.92. The standard InChI is InChI=1S/C26H19F3N4O3/c1-15-4-2-5-16(12-15)20-9-8-19(23(34)30-20)24(35)32-25-31-21-13-17(26(27,28)29)7-10-22(21)33(25)14-18-6-3-11-36-18/h2-13H,14H2,1H3,(H,30,34)(H,31,32,35). The Morgan fingerprint density at radius 3 is 2.61 bits per heavy atom. The molecule has 2 N–H and O–H groups in total. The second kappa shape index (κ2) is 8.88. The minimum atomic E-state index is -4.55. The molecule has 0 bridgehead atoms. The zero-order valence-electron chi connectivity index (χ0n) is 18.9. The maximum Gasteiger partial charge on any atom is 0.416 e. The molecule has 3 aromatic heterocycles. The third-order valence-corrected chi connectivity index (χ3v) is 5.68. The normalized spacial score (nSPS) is 11.7. The number of carbonyl (C=O) groups excluding carboxylic acids is 1. The van der Waals surface area contributed by atoms with Crippen molar-refractivity contribution in [3.8, 4) is 11.3 Å². The number of furan rings is 1. The number of fused-ring (bicyclic) bond motifs is 1. The number of benzene rings is 2. The maximum absolute atomic E-state index is 13.2. The minimum Gasteiger partial charge on any atom is -0.467 e. The summed E-state index contributed by atoms with van der Waals surface area (Å²) in [6.07, 6.45) is -3.08. The summed E-state index contributed by atoms with van der Waals surface area (Å²) >= 11 is 0. The van der Waals surface area contributed by atoms with Gasteiger partial charge in [0.1, 0.15) is 11.3 Å². The first-order chi connectivity index (χ1) is 17.2. The zero-order chi connectivity index (χ0) is 25.4. The molecule has 0 atom stereocenters. The van der Waals surface area contributed by atoms with Gasteiger partial charge in [-0.05, 0) is 61.0 Å². The molecular formula is C26H19F3N4O3. The second-order valence-corrected chi connectivity index (χ2v) is 8.24. The quantitative estimate of drug-likeness (QED) is 0.333. The van der Waals surface area contributed by atoms with Gasteiger partial charge in [0.2, 0.25) is 5.95 Å². The molecule has 1 amide bonds. The third-order valence-electron chi connectivity index (χ3n) is 5.68. The minimum absolute atomic E-state index is 0.0205. The molecule has 3 heterocycles. The van der Waals surface area contributed by atoms with Crippen LogP contribution in [0.5, 0.6) is 0 Å². The zero-order valence-corrected chi connectivity index (χ0v) is 18.9. The van der Waals surface area contributed by atoms with Crippen molar-refractivity contribution in [1.82, 2.24) is 14.5 Å². The number of nitrogens with one attached hydrogen (secondary N) is 2. The molecule has 0 saturated heterocycles. The van der Waals surface area contributed by atoms with Gasteiger partial charge in [-0.15, -0.1) is 0 Å². The average Bonchev–Trinajstić information content (AvgIpc) is 3.46. The van der Waals surface area contributed by atoms with Crippen molar-refractivity contribution >= 4 is 22.9 Å². The number of rotatable bonds is 5. The van der Waals surface area contributed by atoms with Crippen LogP contribution in [0.4, 0.5) is 19.1 Å². The number of hydrogen-bond acceptors (Lipinski definition) is 4. The number of halogens is 3. The third kappa shape index (κ3) is 4.52. The van der Waals surface area contributed by atoms with Gasteiger partial charge in [-0.25, -0.2) is 4.98 Å². The topological polar surface area (TPSA) is 92.9 Å². The van der Waals surface area contributed by atoms with Crippen molar-refractivity contribution in [3.05, 3.63) is 106 Å². The Morgan fingerprint density at radius 2 is 1.92 bits per heavy atom. The van der Waals surface area contributed by atoms with Crippen LogP contribution in [-0.4, -0.2) is 20.4 Å². The van der Waals surface area contributed by atoms with Gasteiger partial charge in [-0.3, -0.25) is 14.9 Å². The van der Waals surface area contributed by atoms with Crippen molar-refractivity contribution < 1.29 is 22.4 Å². The fraction of sp³-hybridized carbons (Fsp3) is 0.115. The van der Waals surface area contributed by atoms with Crippen molar-refractivity contribution in [2.24, 2.45) is 0 Å². The van der Waals surface area contributed by atoms with Crippen molar-refractivity contribution in [1.29, 1.82) is 0 Å². The summed E-state index contributed by atoms with van der Waals surface area (Å²) in [5.74, 6) is -0.267. The number of pyridine rings is 1. The molecular weight excluding hydrogens is 473 g/mol. The SMILES string of the molecule is Cc1cccc(-c2ccc(C(=O)Nc3nc4cc(C(F)(F)F)ccc4n3Cc3ccco3)c(=O)[nH]2)c1. The first kappa shape index (κ1) is 23.2. The highest BCUT2D eigenvalue weighted by molar-refractivity contribution is 6.04. The van der Waals surface area contributed by atoms with Crippen LogP contribution >= 0.6 is 0 Å². The molecule has 0 saturated carbocycles. The summed E-state index contributed by atoms with van der Waals surface area (Å²) in [5.41, 5.74) is 1.11. The number of anilines is 1. The lowest BCUT2D eigenvalue weighted by molar-refractivity contribution is -0.137. The molecule has 0 aliphatic heterocycles. The van der Waals surface area contributed by atoms with E-state index in [2.05, 4.69) is 15.3 Å². The molecule has 0 aliphatic carbocycles. The fourth-order valence-electron chi connectivity index (χ4n) is 3.92. The van der Waals surface area contributed by atoms with Crippen LogP contribution in [0.25, 0.3) is 22.3 Å². The van der Waals surface area contributed by atoms with E-state index >= 15 is 0 Å². The van der Waals surface area contributed by atoms with Crippen molar-refractivity contribution in [2.45, 2.75) is 19.6 Å². The van der Waals surface area contributed by atoms with Crippen molar-refractivity contribution in [2.75, 3.05) is 5.32 Å². The molecule has 0 fully saturated rings. The number of aromatic amines is 1. The van der Waals surface area contributed by atoms with Crippen molar-refractivity contribution in [3.63, 3.8) is 0 Å². The molecule has 5 aromatic rings. The van der Waals surface area contributed by atoms with Crippen LogP contribution in [0.3, 0.4) is 0 Å². The van der Waals surface area contributed by atoms with Crippen LogP contribution in [0.15, 0.2) is 82.2 Å². The monoisotopic (exact) mass is 492 g/mol. The first-order valence-corrected chi connectivity index (χ1v) is 10.9. The number of aromatic nitrogens is 3. The number of alkyl halides is 3. The second-order valence-electron chi connectivity index (χ2n) is 8.24. The summed E-state index contributed by atoms with van der Waals surface area (Å²) in [7, 11) is 0. The van der Waals surface area contributed by atoms with E-state index in [9.17, 15) is 22.8 Å². The smallest absolute Gasteiger partial charge is 0.416 e. The van der Waals surface area contributed by atoms with E-state index in [0.717, 1.165) is 23.3 Å². The Labute approximate surface area is 202 Å². The molecule has 7 nitrogen and oxygen atoms in total. The molecule has 5 rings (SSSR count). The lowest BCUT2D eigenvalue weighted by Gasteiger charge is -2.10. The number of hydrogen-bond donors (Lipinski definition) is 2. The molecule has 10 heteroatoms. The number of nitrogens with zero attached hydrogens (tertiary/aromatic N) is 2. The van der Waals surface area contributed by atoms with E-state index in [1.165, 1.54) is 23.0 Å². The molecule has 0 radical (unpaired) electrons. The van der Waals surface area contributed by atoms with Gasteiger partial charge in [-0.1, -0.05) is 23.8 Å². The van der Waals surface area contributed by atoms with Crippen LogP contribution in [0.2, 0.25) is 0 Å². The summed E-state index contributed by atoms with van der Waals surface area (Å²) in [6.45, 7) is 2.03. The predicted molar refractivity (Wildman–Crippen MR) is 128 cm³/mol. The van der Waals surface area contributed by atoms with E-state index < -0.39 is 23.2 Å². The lowest BCUT2D eigenvalue weighted by atomic mass is 10.1. The highest BCUT2D eigenvalue weighted by Crippen LogP contribution is 2.32. The van der Waals surface area contributed by atoms with Crippen LogP contribution in [0, 0.1) is 6.92 Å². The van der Waals surface area contributed by atoms with E-state index in [1.54, 1.807) is 18.2 Å². The Balaban J connectivity index is 1.50. The molecule has 0 unspecified atom stereocenters. The van der Waals surface area contributed by atoms with Crippen LogP contribution in [-0.2, 0) is 12.7 Å². The summed E-state index contributed by atoms with van der Waals surface area (Å²) in [5, 5.41) is 2.57. The van der Waals surface area contributed by atoms with Gasteiger partial charge in [-0.2, -0.15) is 13.2 Å². The molecule has 2 aromatic carbocycles. The average molecular weight is 492 g/mol. The largest absolute Gasteiger partial charge is 0.467 e. The van der Waals surface area contributed by atoms with Gasteiger partial charge in [0, 0.05) is 5.69 Å². The molecule has 36 heavy (non-hydrogen) atoms. The highest BCUT2D eigenvalue weighted by Gasteiger charge is 2.31. The first-order valence-electron chi connectivity index (χ1n) is 10.9. The summed E-state index contributed by atoms with van der Waals surface area (Å²) < 4.78 is 46.6. The number of carbonyl (C=O) groups is 1. The van der Waals surface area contributed by atoms with Gasteiger partial charge in [0.25, 0.3) is 11.5 Å².